The highest BCUT2D eigenvalue weighted by molar-refractivity contribution is 6.31. The summed E-state index contributed by atoms with van der Waals surface area (Å²) in [5, 5.41) is 9.41. The van der Waals surface area contributed by atoms with Gasteiger partial charge in [0.15, 0.2) is 0 Å². The highest BCUT2D eigenvalue weighted by Gasteiger charge is 2.10. The number of carboxylic acids is 1. The Balaban J connectivity index is 2.36. The van der Waals surface area contributed by atoms with Crippen LogP contribution >= 0.6 is 11.6 Å². The third kappa shape index (κ3) is 2.57. The van der Waals surface area contributed by atoms with Crippen molar-refractivity contribution >= 4 is 17.6 Å². The number of halogens is 1. The van der Waals surface area contributed by atoms with Gasteiger partial charge in [0.1, 0.15) is 5.56 Å². The number of hydrogen-bond acceptors (Lipinski definition) is 3. The number of carboxylic acid groups (broad SMARTS) is 1. The van der Waals surface area contributed by atoms with Crippen molar-refractivity contribution in [2.75, 3.05) is 0 Å². The van der Waals surface area contributed by atoms with E-state index < -0.39 is 11.5 Å². The zero-order valence-corrected chi connectivity index (χ0v) is 9.96. The summed E-state index contributed by atoms with van der Waals surface area (Å²) in [6.45, 7) is 0.354. The number of benzene rings is 1. The monoisotopic (exact) mass is 264 g/mol. The molecule has 0 atom stereocenters. The zero-order valence-electron chi connectivity index (χ0n) is 9.21. The average molecular weight is 265 g/mol. The second kappa shape index (κ2) is 5.01. The molecule has 2 rings (SSSR count). The molecule has 0 unspecified atom stereocenters. The summed E-state index contributed by atoms with van der Waals surface area (Å²) in [4.78, 5) is 25.5. The van der Waals surface area contributed by atoms with Crippen LogP contribution in [0.25, 0.3) is 0 Å². The van der Waals surface area contributed by atoms with Gasteiger partial charge in [-0.15, -0.1) is 0 Å². The topological polar surface area (TPSA) is 72.2 Å². The van der Waals surface area contributed by atoms with E-state index in [0.717, 1.165) is 5.56 Å². The molecule has 92 valence electrons. The van der Waals surface area contributed by atoms with Gasteiger partial charge >= 0.3 is 5.97 Å². The van der Waals surface area contributed by atoms with Crippen molar-refractivity contribution < 1.29 is 9.90 Å². The van der Waals surface area contributed by atoms with Gasteiger partial charge in [0.25, 0.3) is 5.56 Å². The Hall–Kier alpha value is -2.14. The van der Waals surface area contributed by atoms with Gasteiger partial charge in [0.05, 0.1) is 6.33 Å². The number of aromatic nitrogens is 2. The number of rotatable bonds is 3. The minimum atomic E-state index is -1.29. The van der Waals surface area contributed by atoms with Crippen LogP contribution in [0.2, 0.25) is 5.02 Å². The Kier molecular flexibility index (Phi) is 3.43. The van der Waals surface area contributed by atoms with Crippen molar-refractivity contribution in [2.45, 2.75) is 6.54 Å². The second-order valence-corrected chi connectivity index (χ2v) is 4.07. The van der Waals surface area contributed by atoms with E-state index in [1.807, 2.05) is 12.1 Å². The molecule has 5 nitrogen and oxygen atoms in total. The van der Waals surface area contributed by atoms with Crippen LogP contribution < -0.4 is 5.56 Å². The lowest BCUT2D eigenvalue weighted by Gasteiger charge is -2.07. The van der Waals surface area contributed by atoms with E-state index in [1.54, 1.807) is 12.1 Å². The summed E-state index contributed by atoms with van der Waals surface area (Å²) in [7, 11) is 0. The molecule has 1 aromatic heterocycles. The van der Waals surface area contributed by atoms with E-state index in [0.29, 0.717) is 11.6 Å². The molecule has 0 aliphatic heterocycles. The molecular formula is C12H9ClN2O3. The quantitative estimate of drug-likeness (QED) is 0.915. The summed E-state index contributed by atoms with van der Waals surface area (Å²) in [6.07, 6.45) is 2.54. The first-order valence-electron chi connectivity index (χ1n) is 5.10. The van der Waals surface area contributed by atoms with Crippen molar-refractivity contribution in [3.8, 4) is 0 Å². The molecule has 0 saturated heterocycles. The molecule has 6 heteroatoms. The van der Waals surface area contributed by atoms with Gasteiger partial charge < -0.3 is 9.67 Å². The van der Waals surface area contributed by atoms with Crippen LogP contribution in [-0.2, 0) is 6.54 Å². The molecule has 2 aromatic rings. The first-order valence-corrected chi connectivity index (χ1v) is 5.48. The molecular weight excluding hydrogens is 256 g/mol. The summed E-state index contributed by atoms with van der Waals surface area (Å²) in [5.74, 6) is -1.29. The third-order valence-electron chi connectivity index (χ3n) is 2.39. The van der Waals surface area contributed by atoms with Crippen molar-refractivity contribution in [3.63, 3.8) is 0 Å². The van der Waals surface area contributed by atoms with Gasteiger partial charge in [-0.2, -0.15) is 4.98 Å². The molecule has 18 heavy (non-hydrogen) atoms. The molecule has 1 aromatic carbocycles. The predicted molar refractivity (Wildman–Crippen MR) is 66.0 cm³/mol. The molecule has 0 aliphatic rings. The number of nitrogens with zero attached hydrogens (tertiary/aromatic N) is 2. The smallest absolute Gasteiger partial charge is 0.342 e. The van der Waals surface area contributed by atoms with Crippen molar-refractivity contribution in [3.05, 3.63) is 63.3 Å². The summed E-state index contributed by atoms with van der Waals surface area (Å²) in [6, 6.07) is 7.19. The van der Waals surface area contributed by atoms with Crippen molar-refractivity contribution in [1.82, 2.24) is 9.55 Å². The summed E-state index contributed by atoms with van der Waals surface area (Å²) < 4.78 is 1.51. The summed E-state index contributed by atoms with van der Waals surface area (Å²) in [5.41, 5.74) is -0.289. The predicted octanol–water partition coefficient (Wildman–Crippen LogP) is 1.64. The fraction of sp³-hybridized carbons (Fsp3) is 0.0833. The Morgan fingerprint density at radius 1 is 1.39 bits per heavy atom. The fourth-order valence-electron chi connectivity index (χ4n) is 1.51. The van der Waals surface area contributed by atoms with Crippen molar-refractivity contribution in [1.29, 1.82) is 0 Å². The zero-order chi connectivity index (χ0) is 13.1. The fourth-order valence-corrected chi connectivity index (χ4v) is 1.70. The van der Waals surface area contributed by atoms with E-state index in [2.05, 4.69) is 4.98 Å². The summed E-state index contributed by atoms with van der Waals surface area (Å²) >= 11 is 6.00. The van der Waals surface area contributed by atoms with E-state index in [-0.39, 0.29) is 5.56 Å². The Morgan fingerprint density at radius 3 is 2.78 bits per heavy atom. The molecule has 0 radical (unpaired) electrons. The first-order chi connectivity index (χ1) is 8.58. The normalized spacial score (nSPS) is 10.3. The average Bonchev–Trinajstić information content (AvgIpc) is 2.34. The number of aromatic carboxylic acids is 1. The highest BCUT2D eigenvalue weighted by atomic mass is 35.5. The Morgan fingerprint density at radius 2 is 2.11 bits per heavy atom. The maximum absolute atomic E-state index is 11.2. The number of carbonyl (C=O) groups is 1. The van der Waals surface area contributed by atoms with Crippen LogP contribution in [0.3, 0.4) is 0 Å². The maximum atomic E-state index is 11.2. The van der Waals surface area contributed by atoms with E-state index in [9.17, 15) is 9.59 Å². The lowest BCUT2D eigenvalue weighted by molar-refractivity contribution is 0.0694. The largest absolute Gasteiger partial charge is 0.477 e. The maximum Gasteiger partial charge on any atom is 0.342 e. The molecule has 0 aliphatic carbocycles. The van der Waals surface area contributed by atoms with Gasteiger partial charge in [0, 0.05) is 17.8 Å². The Bertz CT molecular complexity index is 652. The van der Waals surface area contributed by atoms with E-state index in [1.165, 1.54) is 17.1 Å². The standard InChI is InChI=1S/C12H9ClN2O3/c13-10-4-2-1-3-8(10)5-15-6-9(12(17)18)11(16)14-7-15/h1-4,6-7H,5H2,(H,17,18). The second-order valence-electron chi connectivity index (χ2n) is 3.66. The highest BCUT2D eigenvalue weighted by Crippen LogP contribution is 2.15. The Labute approximate surface area is 107 Å². The van der Waals surface area contributed by atoms with Gasteiger partial charge in [0.2, 0.25) is 0 Å². The van der Waals surface area contributed by atoms with Crippen LogP contribution in [0, 0.1) is 0 Å². The lowest BCUT2D eigenvalue weighted by atomic mass is 10.2. The minimum absolute atomic E-state index is 0.354. The molecule has 1 heterocycles. The van der Waals surface area contributed by atoms with Gasteiger partial charge in [-0.1, -0.05) is 29.8 Å². The van der Waals surface area contributed by atoms with Crippen molar-refractivity contribution in [2.24, 2.45) is 0 Å². The molecule has 0 fully saturated rings. The van der Waals surface area contributed by atoms with Gasteiger partial charge in [-0.3, -0.25) is 4.79 Å². The van der Waals surface area contributed by atoms with Crippen LogP contribution in [0.4, 0.5) is 0 Å². The SMILES string of the molecule is O=C(O)c1cn(Cc2ccccc2Cl)cnc1=O. The van der Waals surface area contributed by atoms with Gasteiger partial charge in [-0.05, 0) is 11.6 Å². The van der Waals surface area contributed by atoms with Gasteiger partial charge in [-0.25, -0.2) is 4.79 Å². The van der Waals surface area contributed by atoms with Crippen LogP contribution in [0.1, 0.15) is 15.9 Å². The van der Waals surface area contributed by atoms with E-state index in [4.69, 9.17) is 16.7 Å². The molecule has 0 spiro atoms. The molecule has 1 N–H and O–H groups in total. The first kappa shape index (κ1) is 12.3. The third-order valence-corrected chi connectivity index (χ3v) is 2.76. The molecule has 0 amide bonds. The van der Waals surface area contributed by atoms with E-state index >= 15 is 0 Å². The molecule has 0 bridgehead atoms. The van der Waals surface area contributed by atoms with Crippen LogP contribution in [-0.4, -0.2) is 20.6 Å². The minimum Gasteiger partial charge on any atom is -0.477 e. The molecule has 0 saturated carbocycles. The number of hydrogen-bond donors (Lipinski definition) is 1. The lowest BCUT2D eigenvalue weighted by Crippen LogP contribution is -2.20. The van der Waals surface area contributed by atoms with Crippen LogP contribution in [0.15, 0.2) is 41.6 Å². The van der Waals surface area contributed by atoms with Crippen LogP contribution in [0.5, 0.6) is 0 Å².